The number of hydrogen-bond acceptors (Lipinski definition) is 1. The summed E-state index contributed by atoms with van der Waals surface area (Å²) in [6.45, 7) is 3.74. The van der Waals surface area contributed by atoms with Crippen LogP contribution < -0.4 is 0 Å². The van der Waals surface area contributed by atoms with Gasteiger partial charge in [-0.2, -0.15) is 0 Å². The molecule has 1 saturated heterocycles. The van der Waals surface area contributed by atoms with E-state index < -0.39 is 0 Å². The summed E-state index contributed by atoms with van der Waals surface area (Å²) in [4.78, 5) is 13.8. The third kappa shape index (κ3) is 3.73. The zero-order chi connectivity index (χ0) is 12.8. The van der Waals surface area contributed by atoms with Gasteiger partial charge < -0.3 is 4.90 Å². The highest BCUT2D eigenvalue weighted by atomic mass is 16.2. The summed E-state index contributed by atoms with van der Waals surface area (Å²) in [5.41, 5.74) is 2.47. The van der Waals surface area contributed by atoms with E-state index in [9.17, 15) is 4.79 Å². The summed E-state index contributed by atoms with van der Waals surface area (Å²) in [7, 11) is 0. The Morgan fingerprint density at radius 2 is 1.94 bits per heavy atom. The molecular formula is C16H21NO. The molecule has 0 aromatic heterocycles. The van der Waals surface area contributed by atoms with Gasteiger partial charge in [0.1, 0.15) is 0 Å². The molecule has 1 fully saturated rings. The SMILES string of the molecule is Cc1ccc(/C=C/CN2CCCCCC2=O)cc1. The number of hydrogen-bond donors (Lipinski definition) is 0. The van der Waals surface area contributed by atoms with Crippen molar-refractivity contribution in [2.24, 2.45) is 0 Å². The van der Waals surface area contributed by atoms with Crippen molar-refractivity contribution in [1.29, 1.82) is 0 Å². The zero-order valence-corrected chi connectivity index (χ0v) is 11.1. The van der Waals surface area contributed by atoms with E-state index in [1.54, 1.807) is 0 Å². The highest BCUT2D eigenvalue weighted by Gasteiger charge is 2.14. The van der Waals surface area contributed by atoms with Crippen molar-refractivity contribution in [3.05, 3.63) is 41.5 Å². The van der Waals surface area contributed by atoms with Crippen LogP contribution in [-0.4, -0.2) is 23.9 Å². The Labute approximate surface area is 109 Å². The van der Waals surface area contributed by atoms with Crippen molar-refractivity contribution < 1.29 is 4.79 Å². The van der Waals surface area contributed by atoms with Crippen LogP contribution in [0.25, 0.3) is 6.08 Å². The lowest BCUT2D eigenvalue weighted by molar-refractivity contribution is -0.130. The number of likely N-dealkylation sites (tertiary alicyclic amines) is 1. The van der Waals surface area contributed by atoms with Crippen LogP contribution in [0.3, 0.4) is 0 Å². The van der Waals surface area contributed by atoms with E-state index >= 15 is 0 Å². The van der Waals surface area contributed by atoms with E-state index in [-0.39, 0.29) is 0 Å². The van der Waals surface area contributed by atoms with Crippen LogP contribution in [-0.2, 0) is 4.79 Å². The van der Waals surface area contributed by atoms with Crippen LogP contribution in [0.4, 0.5) is 0 Å². The Balaban J connectivity index is 1.89. The van der Waals surface area contributed by atoms with Gasteiger partial charge in [-0.15, -0.1) is 0 Å². The van der Waals surface area contributed by atoms with Gasteiger partial charge in [0.15, 0.2) is 0 Å². The summed E-state index contributed by atoms with van der Waals surface area (Å²) in [6.07, 6.45) is 8.29. The second-order valence-corrected chi connectivity index (χ2v) is 4.96. The van der Waals surface area contributed by atoms with Crippen LogP contribution >= 0.6 is 0 Å². The van der Waals surface area contributed by atoms with Crippen LogP contribution in [0, 0.1) is 6.92 Å². The fourth-order valence-electron chi connectivity index (χ4n) is 2.23. The van der Waals surface area contributed by atoms with E-state index in [1.807, 2.05) is 4.90 Å². The van der Waals surface area contributed by atoms with E-state index in [0.29, 0.717) is 5.91 Å². The molecule has 0 N–H and O–H groups in total. The molecule has 0 aliphatic carbocycles. The maximum absolute atomic E-state index is 11.8. The second kappa shape index (κ2) is 6.39. The number of carbonyl (C=O) groups is 1. The van der Waals surface area contributed by atoms with Crippen LogP contribution in [0.5, 0.6) is 0 Å². The number of amides is 1. The zero-order valence-electron chi connectivity index (χ0n) is 11.1. The van der Waals surface area contributed by atoms with Gasteiger partial charge in [-0.25, -0.2) is 0 Å². The highest BCUT2D eigenvalue weighted by molar-refractivity contribution is 5.76. The van der Waals surface area contributed by atoms with Gasteiger partial charge in [-0.3, -0.25) is 4.79 Å². The Kier molecular flexibility index (Phi) is 4.57. The van der Waals surface area contributed by atoms with Crippen molar-refractivity contribution in [2.45, 2.75) is 32.6 Å². The molecule has 0 unspecified atom stereocenters. The highest BCUT2D eigenvalue weighted by Crippen LogP contribution is 2.11. The van der Waals surface area contributed by atoms with Crippen LogP contribution in [0.1, 0.15) is 36.8 Å². The molecule has 1 aromatic rings. The molecule has 0 saturated carbocycles. The second-order valence-electron chi connectivity index (χ2n) is 4.96. The minimum atomic E-state index is 0.307. The molecule has 96 valence electrons. The number of aryl methyl sites for hydroxylation is 1. The van der Waals surface area contributed by atoms with Crippen molar-refractivity contribution in [3.8, 4) is 0 Å². The van der Waals surface area contributed by atoms with E-state index in [0.717, 1.165) is 32.4 Å². The first-order valence-electron chi connectivity index (χ1n) is 6.77. The predicted octanol–water partition coefficient (Wildman–Crippen LogP) is 3.41. The average molecular weight is 243 g/mol. The quantitative estimate of drug-likeness (QED) is 0.796. The maximum atomic E-state index is 11.8. The third-order valence-electron chi connectivity index (χ3n) is 3.38. The molecule has 1 amide bonds. The standard InChI is InChI=1S/C16H21NO/c1-14-8-10-15(11-9-14)6-5-13-17-12-4-2-3-7-16(17)18/h5-6,8-11H,2-4,7,12-13H2,1H3/b6-5+. The van der Waals surface area contributed by atoms with Crippen molar-refractivity contribution >= 4 is 12.0 Å². The number of carbonyl (C=O) groups excluding carboxylic acids is 1. The monoisotopic (exact) mass is 243 g/mol. The molecule has 1 aliphatic heterocycles. The third-order valence-corrected chi connectivity index (χ3v) is 3.38. The van der Waals surface area contributed by atoms with Gasteiger partial charge in [0.05, 0.1) is 0 Å². The molecule has 1 aliphatic rings. The van der Waals surface area contributed by atoms with Gasteiger partial charge in [0, 0.05) is 19.5 Å². The smallest absolute Gasteiger partial charge is 0.222 e. The molecule has 2 heteroatoms. The predicted molar refractivity (Wildman–Crippen MR) is 75.3 cm³/mol. The van der Waals surface area contributed by atoms with Gasteiger partial charge >= 0.3 is 0 Å². The maximum Gasteiger partial charge on any atom is 0.222 e. The topological polar surface area (TPSA) is 20.3 Å². The molecule has 0 radical (unpaired) electrons. The molecule has 0 spiro atoms. The first-order valence-corrected chi connectivity index (χ1v) is 6.77. The summed E-state index contributed by atoms with van der Waals surface area (Å²) >= 11 is 0. The first-order chi connectivity index (χ1) is 8.75. The largest absolute Gasteiger partial charge is 0.339 e. The molecule has 1 heterocycles. The van der Waals surface area contributed by atoms with E-state index in [2.05, 4.69) is 43.3 Å². The summed E-state index contributed by atoms with van der Waals surface area (Å²) < 4.78 is 0. The Morgan fingerprint density at radius 3 is 2.72 bits per heavy atom. The van der Waals surface area contributed by atoms with Crippen molar-refractivity contribution in [3.63, 3.8) is 0 Å². The molecular weight excluding hydrogens is 222 g/mol. The number of benzene rings is 1. The number of rotatable bonds is 3. The first kappa shape index (κ1) is 12.9. The molecule has 2 rings (SSSR count). The fourth-order valence-corrected chi connectivity index (χ4v) is 2.23. The average Bonchev–Trinajstić information content (AvgIpc) is 2.57. The van der Waals surface area contributed by atoms with Gasteiger partial charge in [-0.1, -0.05) is 48.4 Å². The summed E-state index contributed by atoms with van der Waals surface area (Å²) in [5.74, 6) is 0.307. The molecule has 0 bridgehead atoms. The van der Waals surface area contributed by atoms with Crippen LogP contribution in [0.15, 0.2) is 30.3 Å². The fraction of sp³-hybridized carbons (Fsp3) is 0.438. The van der Waals surface area contributed by atoms with Crippen LogP contribution in [0.2, 0.25) is 0 Å². The Morgan fingerprint density at radius 1 is 1.17 bits per heavy atom. The van der Waals surface area contributed by atoms with E-state index in [1.165, 1.54) is 17.5 Å². The lowest BCUT2D eigenvalue weighted by Crippen LogP contribution is -2.30. The summed E-state index contributed by atoms with van der Waals surface area (Å²) in [6, 6.07) is 8.43. The molecule has 18 heavy (non-hydrogen) atoms. The minimum Gasteiger partial charge on any atom is -0.339 e. The number of nitrogens with zero attached hydrogens (tertiary/aromatic N) is 1. The Hall–Kier alpha value is -1.57. The van der Waals surface area contributed by atoms with Crippen molar-refractivity contribution in [2.75, 3.05) is 13.1 Å². The normalized spacial score (nSPS) is 17.2. The lowest BCUT2D eigenvalue weighted by atomic mass is 10.1. The van der Waals surface area contributed by atoms with E-state index in [4.69, 9.17) is 0 Å². The summed E-state index contributed by atoms with van der Waals surface area (Å²) in [5, 5.41) is 0. The van der Waals surface area contributed by atoms with Gasteiger partial charge in [0.2, 0.25) is 5.91 Å². The van der Waals surface area contributed by atoms with Crippen molar-refractivity contribution in [1.82, 2.24) is 4.90 Å². The minimum absolute atomic E-state index is 0.307. The van der Waals surface area contributed by atoms with Gasteiger partial charge in [0.25, 0.3) is 0 Å². The molecule has 2 nitrogen and oxygen atoms in total. The van der Waals surface area contributed by atoms with Gasteiger partial charge in [-0.05, 0) is 25.3 Å². The lowest BCUT2D eigenvalue weighted by Gasteiger charge is -2.18. The molecule has 1 aromatic carbocycles. The molecule has 0 atom stereocenters. The Bertz CT molecular complexity index is 419.